The van der Waals surface area contributed by atoms with Gasteiger partial charge < -0.3 is 4.74 Å². The molecule has 0 N–H and O–H groups in total. The van der Waals surface area contributed by atoms with E-state index in [-0.39, 0.29) is 17.8 Å². The molecule has 1 aliphatic heterocycles. The minimum atomic E-state index is -0.773. The molecule has 0 bridgehead atoms. The molecule has 1 fully saturated rings. The van der Waals surface area contributed by atoms with Crippen molar-refractivity contribution in [3.8, 4) is 5.75 Å². The molecule has 0 amide bonds. The molecule has 0 saturated heterocycles. The molecule has 2 aliphatic rings. The van der Waals surface area contributed by atoms with Gasteiger partial charge in [-0.1, -0.05) is 26.7 Å². The number of hydrogen-bond acceptors (Lipinski definition) is 3. The molecule has 4 rings (SSSR count). The Morgan fingerprint density at radius 1 is 0.875 bits per heavy atom. The van der Waals surface area contributed by atoms with Gasteiger partial charge in [0.05, 0.1) is 17.5 Å². The summed E-state index contributed by atoms with van der Waals surface area (Å²) in [6.07, 6.45) is 11.6. The van der Waals surface area contributed by atoms with E-state index in [4.69, 9.17) is 4.74 Å². The van der Waals surface area contributed by atoms with Crippen molar-refractivity contribution in [3.63, 3.8) is 0 Å². The van der Waals surface area contributed by atoms with Crippen molar-refractivity contribution in [2.45, 2.75) is 103 Å². The SMILES string of the molecule is CCCc1ccc(CCC2CCC(c3cc4c(c(F)c3F)OC(CCC)CC4)CC2)nn1. The first-order valence-electron chi connectivity index (χ1n) is 12.6. The maximum atomic E-state index is 15.0. The molecule has 1 unspecified atom stereocenters. The Bertz CT molecular complexity index is 892. The lowest BCUT2D eigenvalue weighted by molar-refractivity contribution is 0.152. The zero-order chi connectivity index (χ0) is 22.5. The van der Waals surface area contributed by atoms with Crippen molar-refractivity contribution >= 4 is 0 Å². The van der Waals surface area contributed by atoms with Crippen molar-refractivity contribution in [2.24, 2.45) is 5.92 Å². The van der Waals surface area contributed by atoms with Crippen LogP contribution < -0.4 is 4.74 Å². The van der Waals surface area contributed by atoms with Crippen LogP contribution in [0.2, 0.25) is 0 Å². The smallest absolute Gasteiger partial charge is 0.201 e. The standard InChI is InChI=1S/C27H36F2N2O/c1-3-5-21-14-15-22(31-30-21)13-9-18-7-10-19(11-8-18)24-17-20-12-16-23(6-4-2)32-27(20)26(29)25(24)28/h14-15,17-19,23H,3-13,16H2,1-2H3. The van der Waals surface area contributed by atoms with Gasteiger partial charge in [-0.05, 0) is 105 Å². The monoisotopic (exact) mass is 442 g/mol. The second-order valence-corrected chi connectivity index (χ2v) is 9.67. The van der Waals surface area contributed by atoms with Crippen LogP contribution in [0.25, 0.3) is 0 Å². The number of aryl methyl sites for hydroxylation is 3. The van der Waals surface area contributed by atoms with Gasteiger partial charge in [0.15, 0.2) is 11.6 Å². The lowest BCUT2D eigenvalue weighted by atomic mass is 9.76. The quantitative estimate of drug-likeness (QED) is 0.437. The second-order valence-electron chi connectivity index (χ2n) is 9.67. The van der Waals surface area contributed by atoms with E-state index >= 15 is 0 Å². The van der Waals surface area contributed by atoms with Crippen LogP contribution >= 0.6 is 0 Å². The molecule has 5 heteroatoms. The van der Waals surface area contributed by atoms with Gasteiger partial charge >= 0.3 is 0 Å². The van der Waals surface area contributed by atoms with Gasteiger partial charge in [0.1, 0.15) is 0 Å². The number of nitrogens with zero attached hydrogens (tertiary/aromatic N) is 2. The third-order valence-electron chi connectivity index (χ3n) is 7.27. The van der Waals surface area contributed by atoms with Crippen LogP contribution in [-0.4, -0.2) is 16.3 Å². The van der Waals surface area contributed by atoms with Crippen molar-refractivity contribution in [2.75, 3.05) is 0 Å². The normalized spacial score (nSPS) is 22.9. The van der Waals surface area contributed by atoms with Crippen molar-refractivity contribution < 1.29 is 13.5 Å². The summed E-state index contributed by atoms with van der Waals surface area (Å²) in [7, 11) is 0. The van der Waals surface area contributed by atoms with Gasteiger partial charge in [-0.25, -0.2) is 4.39 Å². The van der Waals surface area contributed by atoms with Crippen molar-refractivity contribution in [1.29, 1.82) is 0 Å². The molecule has 32 heavy (non-hydrogen) atoms. The molecule has 1 aromatic carbocycles. The van der Waals surface area contributed by atoms with E-state index in [0.717, 1.165) is 94.0 Å². The van der Waals surface area contributed by atoms with Crippen LogP contribution in [-0.2, 0) is 19.3 Å². The van der Waals surface area contributed by atoms with E-state index in [1.165, 1.54) is 0 Å². The number of rotatable bonds is 8. The minimum absolute atomic E-state index is 0.00947. The molecule has 1 aliphatic carbocycles. The average molecular weight is 443 g/mol. The number of ether oxygens (including phenoxy) is 1. The highest BCUT2D eigenvalue weighted by Crippen LogP contribution is 2.42. The van der Waals surface area contributed by atoms with Gasteiger partial charge in [-0.3, -0.25) is 0 Å². The number of halogens is 2. The van der Waals surface area contributed by atoms with Gasteiger partial charge in [0.25, 0.3) is 0 Å². The van der Waals surface area contributed by atoms with E-state index in [2.05, 4.69) is 36.2 Å². The Labute approximate surface area is 191 Å². The zero-order valence-corrected chi connectivity index (χ0v) is 19.5. The highest BCUT2D eigenvalue weighted by atomic mass is 19.2. The van der Waals surface area contributed by atoms with E-state index in [1.54, 1.807) is 0 Å². The molecule has 1 aromatic heterocycles. The summed E-state index contributed by atoms with van der Waals surface area (Å²) in [5.41, 5.74) is 3.52. The van der Waals surface area contributed by atoms with Crippen LogP contribution in [0.4, 0.5) is 8.78 Å². The van der Waals surface area contributed by atoms with Crippen LogP contribution in [0.1, 0.15) is 100 Å². The predicted octanol–water partition coefficient (Wildman–Crippen LogP) is 7.11. The first-order valence-corrected chi connectivity index (χ1v) is 12.6. The Kier molecular flexibility index (Phi) is 7.75. The Morgan fingerprint density at radius 2 is 1.59 bits per heavy atom. The van der Waals surface area contributed by atoms with Gasteiger partial charge in [0, 0.05) is 0 Å². The van der Waals surface area contributed by atoms with Gasteiger partial charge in [-0.2, -0.15) is 14.6 Å². The van der Waals surface area contributed by atoms with E-state index in [9.17, 15) is 8.78 Å². The molecule has 0 radical (unpaired) electrons. The Hall–Kier alpha value is -2.04. The molecule has 3 nitrogen and oxygen atoms in total. The molecule has 2 aromatic rings. The molecular weight excluding hydrogens is 406 g/mol. The third-order valence-corrected chi connectivity index (χ3v) is 7.27. The number of hydrogen-bond donors (Lipinski definition) is 0. The maximum absolute atomic E-state index is 15.0. The highest BCUT2D eigenvalue weighted by Gasteiger charge is 2.31. The molecule has 1 saturated carbocycles. The minimum Gasteiger partial charge on any atom is -0.487 e. The van der Waals surface area contributed by atoms with Crippen LogP contribution in [0.5, 0.6) is 5.75 Å². The van der Waals surface area contributed by atoms with E-state index in [1.807, 2.05) is 6.07 Å². The maximum Gasteiger partial charge on any atom is 0.201 e. The highest BCUT2D eigenvalue weighted by molar-refractivity contribution is 5.42. The van der Waals surface area contributed by atoms with Crippen molar-refractivity contribution in [3.05, 3.63) is 52.3 Å². The summed E-state index contributed by atoms with van der Waals surface area (Å²) < 4.78 is 35.6. The summed E-state index contributed by atoms with van der Waals surface area (Å²) in [6.45, 7) is 4.23. The summed E-state index contributed by atoms with van der Waals surface area (Å²) in [4.78, 5) is 0. The van der Waals surface area contributed by atoms with Gasteiger partial charge in [0.2, 0.25) is 5.82 Å². The van der Waals surface area contributed by atoms with Crippen LogP contribution in [0.3, 0.4) is 0 Å². The largest absolute Gasteiger partial charge is 0.487 e. The fourth-order valence-corrected chi connectivity index (χ4v) is 5.39. The second kappa shape index (κ2) is 10.7. The third kappa shape index (κ3) is 5.29. The molecule has 0 spiro atoms. The fraction of sp³-hybridized carbons (Fsp3) is 0.630. The molecular formula is C27H36F2N2O. The number of benzene rings is 1. The fourth-order valence-electron chi connectivity index (χ4n) is 5.39. The molecule has 174 valence electrons. The lowest BCUT2D eigenvalue weighted by Crippen LogP contribution is -2.24. The summed E-state index contributed by atoms with van der Waals surface area (Å²) in [5.74, 6) is -0.576. The average Bonchev–Trinajstić information content (AvgIpc) is 2.82. The first kappa shape index (κ1) is 23.1. The van der Waals surface area contributed by atoms with Crippen LogP contribution in [0.15, 0.2) is 18.2 Å². The Morgan fingerprint density at radius 3 is 2.25 bits per heavy atom. The van der Waals surface area contributed by atoms with Crippen LogP contribution in [0, 0.1) is 17.6 Å². The lowest BCUT2D eigenvalue weighted by Gasteiger charge is -2.31. The topological polar surface area (TPSA) is 35.0 Å². The summed E-state index contributed by atoms with van der Waals surface area (Å²) in [6, 6.07) is 6.08. The first-order chi connectivity index (χ1) is 15.6. The number of aromatic nitrogens is 2. The Balaban J connectivity index is 1.33. The zero-order valence-electron chi connectivity index (χ0n) is 19.5. The molecule has 2 heterocycles. The van der Waals surface area contributed by atoms with Gasteiger partial charge in [-0.15, -0.1) is 0 Å². The van der Waals surface area contributed by atoms with E-state index in [0.29, 0.717) is 11.5 Å². The molecule has 1 atom stereocenters. The van der Waals surface area contributed by atoms with Crippen molar-refractivity contribution in [1.82, 2.24) is 10.2 Å². The number of fused-ring (bicyclic) bond motifs is 1. The summed E-state index contributed by atoms with van der Waals surface area (Å²) in [5, 5.41) is 8.68. The summed E-state index contributed by atoms with van der Waals surface area (Å²) >= 11 is 0. The van der Waals surface area contributed by atoms with E-state index < -0.39 is 11.6 Å². The predicted molar refractivity (Wildman–Crippen MR) is 123 cm³/mol.